The molecule has 0 saturated heterocycles. The summed E-state index contributed by atoms with van der Waals surface area (Å²) in [4.78, 5) is 37.3. The van der Waals surface area contributed by atoms with Crippen molar-refractivity contribution in [2.75, 3.05) is 7.11 Å². The van der Waals surface area contributed by atoms with Gasteiger partial charge in [-0.05, 0) is 29.1 Å². The van der Waals surface area contributed by atoms with Crippen molar-refractivity contribution < 1.29 is 32.6 Å². The summed E-state index contributed by atoms with van der Waals surface area (Å²) in [6, 6.07) is 16.4. The van der Waals surface area contributed by atoms with Gasteiger partial charge in [0.2, 0.25) is 10.7 Å². The van der Waals surface area contributed by atoms with E-state index in [4.69, 9.17) is 16.3 Å². The van der Waals surface area contributed by atoms with Crippen LogP contribution in [0.1, 0.15) is 11.1 Å². The van der Waals surface area contributed by atoms with E-state index in [0.29, 0.717) is 11.1 Å². The molecule has 0 saturated carbocycles. The van der Waals surface area contributed by atoms with Gasteiger partial charge in [0.15, 0.2) is 0 Å². The van der Waals surface area contributed by atoms with E-state index in [1.54, 1.807) is 60.7 Å². The Bertz CT molecular complexity index is 845. The Morgan fingerprint density at radius 3 is 1.93 bits per heavy atom. The van der Waals surface area contributed by atoms with Crippen LogP contribution in [0.15, 0.2) is 60.7 Å². The Hall–Kier alpha value is -2.80. The Labute approximate surface area is 171 Å². The molecule has 0 aliphatic carbocycles. The van der Waals surface area contributed by atoms with Gasteiger partial charge in [-0.3, -0.25) is 14.4 Å². The average molecular weight is 425 g/mol. The minimum Gasteiger partial charge on any atom is -0.469 e. The summed E-state index contributed by atoms with van der Waals surface area (Å²) in [5, 5.41) is -1.68. The SMILES string of the molecule is COC(=O)C(Cc1ccccc1)C(C(=O)Cl)(C(=O)OCc1ccccc1)C(F)F. The number of halogens is 3. The summed E-state index contributed by atoms with van der Waals surface area (Å²) in [5.74, 6) is -4.62. The lowest BCUT2D eigenvalue weighted by atomic mass is 9.73. The normalized spacial score (nSPS) is 14.0. The van der Waals surface area contributed by atoms with Crippen LogP contribution in [0.25, 0.3) is 0 Å². The first-order chi connectivity index (χ1) is 13.8. The van der Waals surface area contributed by atoms with E-state index >= 15 is 0 Å². The number of ether oxygens (including phenoxy) is 2. The van der Waals surface area contributed by atoms with Crippen LogP contribution in [-0.2, 0) is 36.9 Å². The smallest absolute Gasteiger partial charge is 0.328 e. The minimum absolute atomic E-state index is 0.364. The first-order valence-corrected chi connectivity index (χ1v) is 9.02. The molecule has 29 heavy (non-hydrogen) atoms. The van der Waals surface area contributed by atoms with Gasteiger partial charge in [0.05, 0.1) is 13.0 Å². The molecule has 0 bridgehead atoms. The molecular weight excluding hydrogens is 406 g/mol. The van der Waals surface area contributed by atoms with Gasteiger partial charge in [0.25, 0.3) is 6.43 Å². The zero-order valence-corrected chi connectivity index (χ0v) is 16.3. The molecule has 2 aromatic rings. The third-order valence-electron chi connectivity index (χ3n) is 4.54. The lowest BCUT2D eigenvalue weighted by Gasteiger charge is -2.33. The fourth-order valence-electron chi connectivity index (χ4n) is 2.95. The third-order valence-corrected chi connectivity index (χ3v) is 4.85. The predicted molar refractivity (Wildman–Crippen MR) is 101 cm³/mol. The largest absolute Gasteiger partial charge is 0.469 e. The van der Waals surface area contributed by atoms with Gasteiger partial charge in [-0.25, -0.2) is 8.78 Å². The van der Waals surface area contributed by atoms with E-state index in [0.717, 1.165) is 7.11 Å². The van der Waals surface area contributed by atoms with Gasteiger partial charge < -0.3 is 9.47 Å². The van der Waals surface area contributed by atoms with E-state index in [1.807, 2.05) is 0 Å². The van der Waals surface area contributed by atoms with Crippen LogP contribution >= 0.6 is 11.6 Å². The lowest BCUT2D eigenvalue weighted by molar-refractivity contribution is -0.183. The molecule has 0 amide bonds. The maximum Gasteiger partial charge on any atom is 0.328 e. The molecule has 2 atom stereocenters. The predicted octanol–water partition coefficient (Wildman–Crippen LogP) is 3.78. The fraction of sp³-hybridized carbons (Fsp3) is 0.286. The molecule has 0 N–H and O–H groups in total. The Morgan fingerprint density at radius 1 is 0.966 bits per heavy atom. The summed E-state index contributed by atoms with van der Waals surface area (Å²) in [6.07, 6.45) is -3.96. The van der Waals surface area contributed by atoms with Gasteiger partial charge in [0.1, 0.15) is 6.61 Å². The van der Waals surface area contributed by atoms with Crippen LogP contribution in [0.2, 0.25) is 0 Å². The highest BCUT2D eigenvalue weighted by atomic mass is 35.5. The molecular formula is C21H19ClF2O5. The van der Waals surface area contributed by atoms with Crippen LogP contribution < -0.4 is 0 Å². The zero-order chi connectivity index (χ0) is 21.4. The summed E-state index contributed by atoms with van der Waals surface area (Å²) >= 11 is 5.51. The van der Waals surface area contributed by atoms with E-state index < -0.39 is 34.9 Å². The van der Waals surface area contributed by atoms with Gasteiger partial charge >= 0.3 is 11.9 Å². The van der Waals surface area contributed by atoms with Crippen molar-refractivity contribution in [3.8, 4) is 0 Å². The fourth-order valence-corrected chi connectivity index (χ4v) is 3.24. The maximum atomic E-state index is 14.2. The van der Waals surface area contributed by atoms with Crippen LogP contribution in [0, 0.1) is 11.3 Å². The molecule has 2 aromatic carbocycles. The number of alkyl halides is 2. The summed E-state index contributed by atoms with van der Waals surface area (Å²) in [6.45, 7) is -0.364. The number of hydrogen-bond acceptors (Lipinski definition) is 5. The van der Waals surface area contributed by atoms with Crippen LogP contribution in [0.5, 0.6) is 0 Å². The molecule has 0 aliphatic heterocycles. The van der Waals surface area contributed by atoms with Gasteiger partial charge in [0, 0.05) is 0 Å². The lowest BCUT2D eigenvalue weighted by Crippen LogP contribution is -2.54. The minimum atomic E-state index is -3.59. The zero-order valence-electron chi connectivity index (χ0n) is 15.5. The molecule has 2 rings (SSSR count). The standard InChI is InChI=1S/C21H19ClF2O5/c1-28-17(25)16(12-14-8-4-2-5-9-14)21(18(22)26,19(23)24)20(27)29-13-15-10-6-3-7-11-15/h2-11,16,19H,12-13H2,1H3. The average Bonchev–Trinajstić information content (AvgIpc) is 2.72. The van der Waals surface area contributed by atoms with Crippen molar-refractivity contribution >= 4 is 28.8 Å². The Kier molecular flexibility index (Phi) is 7.84. The highest BCUT2D eigenvalue weighted by Gasteiger charge is 2.63. The van der Waals surface area contributed by atoms with E-state index in [1.165, 1.54) is 0 Å². The number of methoxy groups -OCH3 is 1. The van der Waals surface area contributed by atoms with E-state index in [2.05, 4.69) is 4.74 Å². The molecule has 0 heterocycles. The number of carbonyl (C=O) groups excluding carboxylic acids is 3. The molecule has 5 nitrogen and oxygen atoms in total. The second-order valence-corrected chi connectivity index (χ2v) is 6.61. The number of rotatable bonds is 9. The topological polar surface area (TPSA) is 69.7 Å². The second kappa shape index (κ2) is 10.1. The first kappa shape index (κ1) is 22.5. The van der Waals surface area contributed by atoms with E-state index in [-0.39, 0.29) is 13.0 Å². The number of hydrogen-bond donors (Lipinski definition) is 0. The summed E-state index contributed by atoms with van der Waals surface area (Å²) in [7, 11) is 0.977. The first-order valence-electron chi connectivity index (χ1n) is 8.65. The van der Waals surface area contributed by atoms with Crippen molar-refractivity contribution in [1.29, 1.82) is 0 Å². The Balaban J connectivity index is 2.44. The number of benzene rings is 2. The van der Waals surface area contributed by atoms with Crippen LogP contribution in [0.4, 0.5) is 8.78 Å². The van der Waals surface area contributed by atoms with Crippen molar-refractivity contribution in [3.05, 3.63) is 71.8 Å². The van der Waals surface area contributed by atoms with Crippen molar-refractivity contribution in [2.24, 2.45) is 11.3 Å². The molecule has 0 aromatic heterocycles. The Morgan fingerprint density at radius 2 is 1.48 bits per heavy atom. The number of carbonyl (C=O) groups is 3. The van der Waals surface area contributed by atoms with Crippen LogP contribution in [0.3, 0.4) is 0 Å². The summed E-state index contributed by atoms with van der Waals surface area (Å²) in [5.41, 5.74) is -2.25. The quantitative estimate of drug-likeness (QED) is 0.348. The van der Waals surface area contributed by atoms with Crippen molar-refractivity contribution in [3.63, 3.8) is 0 Å². The highest BCUT2D eigenvalue weighted by molar-refractivity contribution is 6.66. The van der Waals surface area contributed by atoms with Crippen LogP contribution in [-0.4, -0.2) is 30.7 Å². The third kappa shape index (κ3) is 4.98. The van der Waals surface area contributed by atoms with Crippen molar-refractivity contribution in [1.82, 2.24) is 0 Å². The van der Waals surface area contributed by atoms with Gasteiger partial charge in [-0.15, -0.1) is 0 Å². The molecule has 0 aliphatic rings. The maximum absolute atomic E-state index is 14.2. The van der Waals surface area contributed by atoms with Gasteiger partial charge in [-0.2, -0.15) is 0 Å². The molecule has 0 spiro atoms. The highest BCUT2D eigenvalue weighted by Crippen LogP contribution is 2.41. The molecule has 0 fully saturated rings. The molecule has 154 valence electrons. The molecule has 0 radical (unpaired) electrons. The van der Waals surface area contributed by atoms with E-state index in [9.17, 15) is 23.2 Å². The monoisotopic (exact) mass is 424 g/mol. The summed E-state index contributed by atoms with van der Waals surface area (Å²) < 4.78 is 38.0. The molecule has 2 unspecified atom stereocenters. The number of esters is 2. The van der Waals surface area contributed by atoms with Gasteiger partial charge in [-0.1, -0.05) is 60.7 Å². The second-order valence-electron chi connectivity index (χ2n) is 6.27. The van der Waals surface area contributed by atoms with Crippen molar-refractivity contribution in [2.45, 2.75) is 19.5 Å². The molecule has 8 heteroatoms.